The summed E-state index contributed by atoms with van der Waals surface area (Å²) in [6.45, 7) is 0. The van der Waals surface area contributed by atoms with E-state index < -0.39 is 4.92 Å². The molecule has 1 amide bonds. The molecule has 0 atom stereocenters. The van der Waals surface area contributed by atoms with Crippen LogP contribution in [0.3, 0.4) is 0 Å². The largest absolute Gasteiger partial charge is 0.345 e. The van der Waals surface area contributed by atoms with Crippen molar-refractivity contribution in [2.75, 3.05) is 14.1 Å². The highest BCUT2D eigenvalue weighted by molar-refractivity contribution is 6.43. The molecule has 0 radical (unpaired) electrons. The van der Waals surface area contributed by atoms with E-state index >= 15 is 0 Å². The Bertz CT molecular complexity index is 460. The Labute approximate surface area is 102 Å². The van der Waals surface area contributed by atoms with Crippen LogP contribution in [0.5, 0.6) is 0 Å². The monoisotopic (exact) mass is 262 g/mol. The molecule has 0 fully saturated rings. The predicted molar refractivity (Wildman–Crippen MR) is 61.1 cm³/mol. The smallest absolute Gasteiger partial charge is 0.290 e. The Kier molecular flexibility index (Phi) is 3.72. The average molecular weight is 263 g/mol. The van der Waals surface area contributed by atoms with Gasteiger partial charge in [-0.25, -0.2) is 0 Å². The fourth-order valence-corrected chi connectivity index (χ4v) is 1.48. The van der Waals surface area contributed by atoms with Crippen molar-refractivity contribution in [1.29, 1.82) is 0 Å². The van der Waals surface area contributed by atoms with Gasteiger partial charge in [-0.2, -0.15) is 0 Å². The van der Waals surface area contributed by atoms with Gasteiger partial charge >= 0.3 is 0 Å². The maximum atomic E-state index is 11.6. The molecule has 0 saturated heterocycles. The number of rotatable bonds is 2. The number of nitro groups is 1. The minimum Gasteiger partial charge on any atom is -0.345 e. The van der Waals surface area contributed by atoms with E-state index in [2.05, 4.69) is 0 Å². The number of carbonyl (C=O) groups excluding carboxylic acids is 1. The van der Waals surface area contributed by atoms with Gasteiger partial charge in [-0.3, -0.25) is 14.9 Å². The molecule has 1 rings (SSSR count). The molecule has 0 aliphatic heterocycles. The first-order valence-electron chi connectivity index (χ1n) is 4.19. The highest BCUT2D eigenvalue weighted by Crippen LogP contribution is 2.33. The lowest BCUT2D eigenvalue weighted by Crippen LogP contribution is -2.21. The summed E-state index contributed by atoms with van der Waals surface area (Å²) >= 11 is 11.4. The van der Waals surface area contributed by atoms with Crippen LogP contribution in [0.4, 0.5) is 5.69 Å². The number of benzene rings is 1. The summed E-state index contributed by atoms with van der Waals surface area (Å²) in [7, 11) is 3.08. The fraction of sp³-hybridized carbons (Fsp3) is 0.222. The third-order valence-corrected chi connectivity index (χ3v) is 2.65. The zero-order valence-electron chi connectivity index (χ0n) is 8.53. The Morgan fingerprint density at radius 3 is 2.38 bits per heavy atom. The maximum Gasteiger partial charge on any atom is 0.290 e. The second-order valence-corrected chi connectivity index (χ2v) is 4.03. The third-order valence-electron chi connectivity index (χ3n) is 1.86. The molecule has 86 valence electrons. The molecular formula is C9H8Cl2N2O3. The van der Waals surface area contributed by atoms with Gasteiger partial charge in [-0.1, -0.05) is 23.2 Å². The van der Waals surface area contributed by atoms with E-state index in [1.165, 1.54) is 25.1 Å². The quantitative estimate of drug-likeness (QED) is 0.608. The van der Waals surface area contributed by atoms with Gasteiger partial charge in [-0.15, -0.1) is 0 Å². The normalized spacial score (nSPS) is 10.0. The summed E-state index contributed by atoms with van der Waals surface area (Å²) in [5.74, 6) is -0.373. The lowest BCUT2D eigenvalue weighted by atomic mass is 10.2. The average Bonchev–Trinajstić information content (AvgIpc) is 2.20. The number of halogens is 2. The Balaban J connectivity index is 3.35. The number of hydrogen-bond donors (Lipinski definition) is 0. The highest BCUT2D eigenvalue weighted by atomic mass is 35.5. The van der Waals surface area contributed by atoms with E-state index in [-0.39, 0.29) is 27.2 Å². The number of hydrogen-bond acceptors (Lipinski definition) is 3. The summed E-state index contributed by atoms with van der Waals surface area (Å²) in [6.07, 6.45) is 0. The minimum atomic E-state index is -0.680. The van der Waals surface area contributed by atoms with Crippen molar-refractivity contribution < 1.29 is 9.72 Å². The molecular weight excluding hydrogens is 255 g/mol. The molecule has 7 heteroatoms. The molecule has 0 unspecified atom stereocenters. The second-order valence-electron chi connectivity index (χ2n) is 3.25. The van der Waals surface area contributed by atoms with E-state index in [0.29, 0.717) is 0 Å². The second kappa shape index (κ2) is 4.67. The van der Waals surface area contributed by atoms with Crippen molar-refractivity contribution in [2.24, 2.45) is 0 Å². The van der Waals surface area contributed by atoms with Crippen molar-refractivity contribution in [3.8, 4) is 0 Å². The number of nitro benzene ring substituents is 1. The summed E-state index contributed by atoms with van der Waals surface area (Å²) in [5, 5.41) is 10.5. The van der Waals surface area contributed by atoms with Gasteiger partial charge in [0.25, 0.3) is 11.6 Å². The molecule has 0 N–H and O–H groups in total. The molecule has 5 nitrogen and oxygen atoms in total. The van der Waals surface area contributed by atoms with Gasteiger partial charge < -0.3 is 4.90 Å². The summed E-state index contributed by atoms with van der Waals surface area (Å²) in [6, 6.07) is 2.41. The van der Waals surface area contributed by atoms with Crippen molar-refractivity contribution in [3.63, 3.8) is 0 Å². The van der Waals surface area contributed by atoms with E-state index in [1.54, 1.807) is 0 Å². The Morgan fingerprint density at radius 1 is 1.38 bits per heavy atom. The highest BCUT2D eigenvalue weighted by Gasteiger charge is 2.20. The van der Waals surface area contributed by atoms with Crippen LogP contribution in [0.15, 0.2) is 12.1 Å². The molecule has 1 aromatic carbocycles. The molecule has 16 heavy (non-hydrogen) atoms. The summed E-state index contributed by atoms with van der Waals surface area (Å²) in [5.41, 5.74) is -0.245. The van der Waals surface area contributed by atoms with E-state index in [1.807, 2.05) is 0 Å². The zero-order valence-corrected chi connectivity index (χ0v) is 10.0. The van der Waals surface area contributed by atoms with Crippen LogP contribution in [-0.2, 0) is 0 Å². The molecule has 1 aromatic rings. The lowest BCUT2D eigenvalue weighted by molar-refractivity contribution is -0.384. The number of nitrogens with zero attached hydrogens (tertiary/aromatic N) is 2. The van der Waals surface area contributed by atoms with E-state index in [9.17, 15) is 14.9 Å². The van der Waals surface area contributed by atoms with Gasteiger partial charge in [0.15, 0.2) is 0 Å². The van der Waals surface area contributed by atoms with Crippen LogP contribution in [0.1, 0.15) is 10.4 Å². The van der Waals surface area contributed by atoms with Crippen LogP contribution in [-0.4, -0.2) is 29.8 Å². The maximum absolute atomic E-state index is 11.6. The van der Waals surface area contributed by atoms with Crippen molar-refractivity contribution >= 4 is 34.8 Å². The summed E-state index contributed by atoms with van der Waals surface area (Å²) in [4.78, 5) is 22.9. The minimum absolute atomic E-state index is 0.0129. The topological polar surface area (TPSA) is 63.5 Å². The first-order chi connectivity index (χ1) is 7.34. The molecule has 0 aliphatic carbocycles. The van der Waals surface area contributed by atoms with E-state index in [4.69, 9.17) is 23.2 Å². The van der Waals surface area contributed by atoms with Gasteiger partial charge in [0.2, 0.25) is 0 Å². The standard InChI is InChI=1S/C9H8Cl2N2O3/c1-12(2)9(14)5-3-6(10)8(11)7(4-5)13(15)16/h3-4H,1-2H3. The Morgan fingerprint density at radius 2 is 1.94 bits per heavy atom. The number of amides is 1. The fourth-order valence-electron chi connectivity index (χ4n) is 1.09. The zero-order chi connectivity index (χ0) is 12.5. The predicted octanol–water partition coefficient (Wildman–Crippen LogP) is 2.60. The van der Waals surface area contributed by atoms with Crippen LogP contribution >= 0.6 is 23.2 Å². The molecule has 0 heterocycles. The first kappa shape index (κ1) is 12.7. The third kappa shape index (κ3) is 2.43. The Hall–Kier alpha value is -1.33. The van der Waals surface area contributed by atoms with Crippen LogP contribution in [0.25, 0.3) is 0 Å². The lowest BCUT2D eigenvalue weighted by Gasteiger charge is -2.10. The first-order valence-corrected chi connectivity index (χ1v) is 4.95. The van der Waals surface area contributed by atoms with Gasteiger partial charge in [0.1, 0.15) is 5.02 Å². The van der Waals surface area contributed by atoms with Crippen LogP contribution in [0, 0.1) is 10.1 Å². The SMILES string of the molecule is CN(C)C(=O)c1cc(Cl)c(Cl)c([N+](=O)[O-])c1. The molecule has 0 bridgehead atoms. The molecule has 0 spiro atoms. The van der Waals surface area contributed by atoms with Crippen molar-refractivity contribution in [1.82, 2.24) is 4.90 Å². The van der Waals surface area contributed by atoms with E-state index in [0.717, 1.165) is 6.07 Å². The van der Waals surface area contributed by atoms with Crippen LogP contribution < -0.4 is 0 Å². The number of carbonyl (C=O) groups is 1. The van der Waals surface area contributed by atoms with Gasteiger partial charge in [0.05, 0.1) is 9.95 Å². The molecule has 0 aromatic heterocycles. The van der Waals surface area contributed by atoms with Crippen molar-refractivity contribution in [2.45, 2.75) is 0 Å². The van der Waals surface area contributed by atoms with Gasteiger partial charge in [-0.05, 0) is 6.07 Å². The van der Waals surface area contributed by atoms with Crippen molar-refractivity contribution in [3.05, 3.63) is 37.9 Å². The summed E-state index contributed by atoms with van der Waals surface area (Å²) < 4.78 is 0. The van der Waals surface area contributed by atoms with Gasteiger partial charge in [0, 0.05) is 25.7 Å². The molecule has 0 saturated carbocycles. The molecule has 0 aliphatic rings. The van der Waals surface area contributed by atoms with Crippen LogP contribution in [0.2, 0.25) is 10.0 Å².